The largest absolute Gasteiger partial charge is 0.468 e. The van der Waals surface area contributed by atoms with Crippen LogP contribution >= 0.6 is 0 Å². The van der Waals surface area contributed by atoms with Gasteiger partial charge in [-0.2, -0.15) is 0 Å². The first-order valence-corrected chi connectivity index (χ1v) is 12.8. The monoisotopic (exact) mass is 521 g/mol. The van der Waals surface area contributed by atoms with Gasteiger partial charge in [0, 0.05) is 25.7 Å². The van der Waals surface area contributed by atoms with Crippen molar-refractivity contribution in [3.63, 3.8) is 0 Å². The Morgan fingerprint density at radius 1 is 0.865 bits per heavy atom. The topological polar surface area (TPSA) is 131 Å². The van der Waals surface area contributed by atoms with E-state index >= 15 is 0 Å². The molecule has 0 spiro atoms. The van der Waals surface area contributed by atoms with Gasteiger partial charge in [-0.3, -0.25) is 19.2 Å². The zero-order chi connectivity index (χ0) is 28.3. The summed E-state index contributed by atoms with van der Waals surface area (Å²) in [5.74, 6) is -1.83. The zero-order valence-electron chi connectivity index (χ0n) is 23.4. The Hall–Kier alpha value is -2.94. The molecule has 37 heavy (non-hydrogen) atoms. The normalized spacial score (nSPS) is 13.7. The van der Waals surface area contributed by atoms with E-state index in [9.17, 15) is 19.2 Å². The summed E-state index contributed by atoms with van der Waals surface area (Å²) in [7, 11) is 1.23. The molecule has 0 bridgehead atoms. The van der Waals surface area contributed by atoms with Gasteiger partial charge in [0.2, 0.25) is 0 Å². The van der Waals surface area contributed by atoms with Crippen LogP contribution in [0.5, 0.6) is 11.5 Å². The Labute approximate surface area is 220 Å². The van der Waals surface area contributed by atoms with Crippen molar-refractivity contribution < 1.29 is 38.1 Å². The van der Waals surface area contributed by atoms with Crippen molar-refractivity contribution in [3.8, 4) is 11.5 Å². The van der Waals surface area contributed by atoms with Crippen LogP contribution < -0.4 is 15.2 Å². The molecule has 0 aromatic heterocycles. The van der Waals surface area contributed by atoms with Crippen molar-refractivity contribution in [2.45, 2.75) is 79.7 Å². The van der Waals surface area contributed by atoms with Crippen molar-refractivity contribution in [1.29, 1.82) is 0 Å². The highest BCUT2D eigenvalue weighted by Gasteiger charge is 2.36. The first kappa shape index (κ1) is 32.1. The summed E-state index contributed by atoms with van der Waals surface area (Å²) in [6.45, 7) is 13.1. The number of rotatable bonds is 14. The van der Waals surface area contributed by atoms with Crippen LogP contribution in [0.25, 0.3) is 0 Å². The van der Waals surface area contributed by atoms with Gasteiger partial charge in [-0.05, 0) is 35.4 Å². The Kier molecular flexibility index (Phi) is 12.8. The van der Waals surface area contributed by atoms with Crippen molar-refractivity contribution in [3.05, 3.63) is 23.8 Å². The van der Waals surface area contributed by atoms with Gasteiger partial charge in [-0.15, -0.1) is 0 Å². The third-order valence-electron chi connectivity index (χ3n) is 5.88. The minimum Gasteiger partial charge on any atom is -0.468 e. The van der Waals surface area contributed by atoms with Gasteiger partial charge in [0.25, 0.3) is 0 Å². The lowest BCUT2D eigenvalue weighted by atomic mass is 9.88. The molecule has 9 nitrogen and oxygen atoms in total. The average Bonchev–Trinajstić information content (AvgIpc) is 2.78. The van der Waals surface area contributed by atoms with E-state index in [0.29, 0.717) is 5.56 Å². The minimum absolute atomic E-state index is 0.00586. The van der Waals surface area contributed by atoms with Crippen molar-refractivity contribution in [2.75, 3.05) is 13.7 Å². The van der Waals surface area contributed by atoms with E-state index in [4.69, 9.17) is 24.7 Å². The molecule has 0 amide bonds. The molecule has 0 aliphatic carbocycles. The first-order valence-electron chi connectivity index (χ1n) is 12.8. The SMILES string of the molecule is COC(=O)C(N)(CCOC(=O)[C@@H](C)C(C)C)Cc1ccc(OC(=O)CC(C)C)c(OC(=O)CC(C)C)c1. The van der Waals surface area contributed by atoms with E-state index < -0.39 is 23.4 Å². The molecule has 0 heterocycles. The third kappa shape index (κ3) is 10.9. The second-order valence-corrected chi connectivity index (χ2v) is 10.7. The zero-order valence-corrected chi connectivity index (χ0v) is 23.4. The lowest BCUT2D eigenvalue weighted by molar-refractivity contribution is -0.153. The summed E-state index contributed by atoms with van der Waals surface area (Å²) in [4.78, 5) is 49.5. The smallest absolute Gasteiger partial charge is 0.326 e. The number of ether oxygens (including phenoxy) is 4. The molecule has 1 aromatic carbocycles. The van der Waals surface area contributed by atoms with E-state index in [2.05, 4.69) is 0 Å². The van der Waals surface area contributed by atoms with Crippen molar-refractivity contribution in [1.82, 2.24) is 0 Å². The van der Waals surface area contributed by atoms with Crippen LogP contribution in [0.15, 0.2) is 18.2 Å². The number of hydrogen-bond acceptors (Lipinski definition) is 9. The summed E-state index contributed by atoms with van der Waals surface area (Å²) in [6.07, 6.45) is 0.395. The Balaban J connectivity index is 3.17. The second-order valence-electron chi connectivity index (χ2n) is 10.7. The van der Waals surface area contributed by atoms with Crippen LogP contribution in [0.3, 0.4) is 0 Å². The quantitative estimate of drug-likeness (QED) is 0.282. The summed E-state index contributed by atoms with van der Waals surface area (Å²) in [5.41, 5.74) is 5.48. The molecular formula is C28H43NO8. The van der Waals surface area contributed by atoms with E-state index in [1.54, 1.807) is 13.0 Å². The molecule has 1 rings (SSSR count). The average molecular weight is 522 g/mol. The molecule has 0 radical (unpaired) electrons. The fourth-order valence-electron chi connectivity index (χ4n) is 3.39. The molecule has 1 aromatic rings. The number of esters is 4. The number of benzene rings is 1. The summed E-state index contributed by atoms with van der Waals surface area (Å²) >= 11 is 0. The number of methoxy groups -OCH3 is 1. The van der Waals surface area contributed by atoms with Crippen molar-refractivity contribution in [2.24, 2.45) is 29.4 Å². The van der Waals surface area contributed by atoms with Crippen LogP contribution in [0, 0.1) is 23.7 Å². The van der Waals surface area contributed by atoms with E-state index in [1.165, 1.54) is 19.2 Å². The molecule has 208 valence electrons. The van der Waals surface area contributed by atoms with Gasteiger partial charge in [0.1, 0.15) is 5.54 Å². The number of carbonyl (C=O) groups is 4. The fourth-order valence-corrected chi connectivity index (χ4v) is 3.39. The van der Waals surface area contributed by atoms with Crippen LogP contribution in [-0.4, -0.2) is 43.1 Å². The molecular weight excluding hydrogens is 478 g/mol. The van der Waals surface area contributed by atoms with E-state index in [-0.39, 0.29) is 73.4 Å². The van der Waals surface area contributed by atoms with E-state index in [0.717, 1.165) is 0 Å². The fraction of sp³-hybridized carbons (Fsp3) is 0.643. The third-order valence-corrected chi connectivity index (χ3v) is 5.88. The molecule has 1 unspecified atom stereocenters. The maximum Gasteiger partial charge on any atom is 0.326 e. The maximum absolute atomic E-state index is 12.6. The van der Waals surface area contributed by atoms with Crippen LogP contribution in [-0.2, 0) is 35.1 Å². The highest BCUT2D eigenvalue weighted by molar-refractivity contribution is 5.81. The molecule has 0 saturated heterocycles. The summed E-state index contributed by atoms with van der Waals surface area (Å²) in [5, 5.41) is 0. The van der Waals surface area contributed by atoms with Gasteiger partial charge in [-0.1, -0.05) is 54.5 Å². The van der Waals surface area contributed by atoms with Gasteiger partial charge in [0.15, 0.2) is 11.5 Å². The predicted molar refractivity (Wildman–Crippen MR) is 139 cm³/mol. The summed E-state index contributed by atoms with van der Waals surface area (Å²) < 4.78 is 21.2. The van der Waals surface area contributed by atoms with Crippen molar-refractivity contribution >= 4 is 23.9 Å². The summed E-state index contributed by atoms with van der Waals surface area (Å²) in [6, 6.07) is 4.66. The van der Waals surface area contributed by atoms with Crippen LogP contribution in [0.2, 0.25) is 0 Å². The lowest BCUT2D eigenvalue weighted by Crippen LogP contribution is -2.51. The van der Waals surface area contributed by atoms with Gasteiger partial charge < -0.3 is 24.7 Å². The van der Waals surface area contributed by atoms with E-state index in [1.807, 2.05) is 41.5 Å². The van der Waals surface area contributed by atoms with Crippen LogP contribution in [0.1, 0.15) is 73.3 Å². The Morgan fingerprint density at radius 2 is 1.41 bits per heavy atom. The molecule has 9 heteroatoms. The second kappa shape index (κ2) is 14.7. The predicted octanol–water partition coefficient (Wildman–Crippen LogP) is 4.23. The Morgan fingerprint density at radius 3 is 1.89 bits per heavy atom. The minimum atomic E-state index is -1.51. The molecule has 0 aliphatic heterocycles. The highest BCUT2D eigenvalue weighted by atomic mass is 16.6. The molecule has 0 saturated carbocycles. The standard InChI is InChI=1S/C28H43NO8/c1-17(2)13-24(30)36-22-10-9-21(15-23(22)37-25(31)14-18(3)4)16-28(29,27(33)34-8)11-12-35-26(32)20(7)19(5)6/h9-10,15,17-20H,11-14,16,29H2,1-8H3/t20-,28?/m0/s1. The lowest BCUT2D eigenvalue weighted by Gasteiger charge is -2.27. The number of hydrogen-bond donors (Lipinski definition) is 1. The van der Waals surface area contributed by atoms with Crippen LogP contribution in [0.4, 0.5) is 0 Å². The van der Waals surface area contributed by atoms with Gasteiger partial charge in [0.05, 0.1) is 19.6 Å². The van der Waals surface area contributed by atoms with Gasteiger partial charge >= 0.3 is 23.9 Å². The molecule has 2 atom stereocenters. The molecule has 2 N–H and O–H groups in total. The number of nitrogens with two attached hydrogens (primary N) is 1. The molecule has 0 fully saturated rings. The highest BCUT2D eigenvalue weighted by Crippen LogP contribution is 2.32. The van der Waals surface area contributed by atoms with Gasteiger partial charge in [-0.25, -0.2) is 0 Å². The number of carbonyl (C=O) groups excluding carboxylic acids is 4. The Bertz CT molecular complexity index is 940. The molecule has 0 aliphatic rings. The maximum atomic E-state index is 12.6. The first-order chi connectivity index (χ1) is 17.2.